The van der Waals surface area contributed by atoms with E-state index in [1.54, 1.807) is 6.92 Å². The van der Waals surface area contributed by atoms with Crippen LogP contribution in [0, 0.1) is 5.82 Å². The van der Waals surface area contributed by atoms with E-state index in [-0.39, 0.29) is 16.7 Å². The van der Waals surface area contributed by atoms with E-state index < -0.39 is 15.7 Å². The van der Waals surface area contributed by atoms with Crippen molar-refractivity contribution in [2.75, 3.05) is 13.4 Å². The molecule has 6 heteroatoms. The topological polar surface area (TPSA) is 69.4 Å². The number of methoxy groups -OCH3 is 1. The molecule has 0 saturated carbocycles. The third kappa shape index (κ3) is 3.41. The fourth-order valence-corrected chi connectivity index (χ4v) is 2.51. The van der Waals surface area contributed by atoms with Gasteiger partial charge in [-0.05, 0) is 31.0 Å². The Balaban J connectivity index is 3.46. The largest absolute Gasteiger partial charge is 0.495 e. The van der Waals surface area contributed by atoms with Crippen molar-refractivity contribution < 1.29 is 17.5 Å². The number of benzene rings is 1. The number of hydrogen-bond donors (Lipinski definition) is 1. The van der Waals surface area contributed by atoms with Gasteiger partial charge in [-0.2, -0.15) is 0 Å². The van der Waals surface area contributed by atoms with Crippen LogP contribution < -0.4 is 10.5 Å². The summed E-state index contributed by atoms with van der Waals surface area (Å²) in [5.74, 6) is -0.437. The number of sulfone groups is 1. The highest BCUT2D eigenvalue weighted by Gasteiger charge is 2.20. The van der Waals surface area contributed by atoms with Gasteiger partial charge in [-0.3, -0.25) is 0 Å². The first-order chi connectivity index (χ1) is 7.75. The molecule has 0 radical (unpaired) electrons. The van der Waals surface area contributed by atoms with Crippen LogP contribution in [-0.4, -0.2) is 27.8 Å². The standard InChI is InChI=1S/C11H16FNO3S/c1-7(13)4-8-5-9(12)6-10(11(8)16-2)17(3,14)15/h5-7H,4,13H2,1-3H3. The Morgan fingerprint density at radius 1 is 1.47 bits per heavy atom. The maximum Gasteiger partial charge on any atom is 0.179 e. The normalized spacial score (nSPS) is 13.5. The van der Waals surface area contributed by atoms with Crippen molar-refractivity contribution in [3.8, 4) is 5.75 Å². The summed E-state index contributed by atoms with van der Waals surface area (Å²) < 4.78 is 41.5. The van der Waals surface area contributed by atoms with Gasteiger partial charge in [-0.15, -0.1) is 0 Å². The fourth-order valence-electron chi connectivity index (χ4n) is 1.63. The molecule has 0 spiro atoms. The lowest BCUT2D eigenvalue weighted by Gasteiger charge is -2.14. The minimum Gasteiger partial charge on any atom is -0.495 e. The van der Waals surface area contributed by atoms with Gasteiger partial charge in [0, 0.05) is 12.3 Å². The Morgan fingerprint density at radius 2 is 2.06 bits per heavy atom. The molecule has 17 heavy (non-hydrogen) atoms. The Hall–Kier alpha value is -1.14. The molecule has 0 aromatic heterocycles. The van der Waals surface area contributed by atoms with Crippen LogP contribution in [0.3, 0.4) is 0 Å². The molecule has 1 atom stereocenters. The second-order valence-electron chi connectivity index (χ2n) is 4.05. The molecule has 2 N–H and O–H groups in total. The van der Waals surface area contributed by atoms with E-state index in [1.165, 1.54) is 13.2 Å². The summed E-state index contributed by atoms with van der Waals surface area (Å²) in [6.07, 6.45) is 1.36. The molecule has 4 nitrogen and oxygen atoms in total. The van der Waals surface area contributed by atoms with Crippen LogP contribution in [0.15, 0.2) is 17.0 Å². The second kappa shape index (κ2) is 5.01. The van der Waals surface area contributed by atoms with Gasteiger partial charge < -0.3 is 10.5 Å². The Kier molecular flexibility index (Phi) is 4.11. The lowest BCUT2D eigenvalue weighted by atomic mass is 10.1. The highest BCUT2D eigenvalue weighted by molar-refractivity contribution is 7.90. The van der Waals surface area contributed by atoms with Crippen molar-refractivity contribution in [3.05, 3.63) is 23.5 Å². The quantitative estimate of drug-likeness (QED) is 0.882. The third-order valence-electron chi connectivity index (χ3n) is 2.24. The maximum absolute atomic E-state index is 13.4. The molecule has 0 amide bonds. The molecular formula is C11H16FNO3S. The van der Waals surface area contributed by atoms with Gasteiger partial charge in [0.15, 0.2) is 9.84 Å². The van der Waals surface area contributed by atoms with Crippen LogP contribution >= 0.6 is 0 Å². The Morgan fingerprint density at radius 3 is 2.47 bits per heavy atom. The zero-order valence-corrected chi connectivity index (χ0v) is 10.8. The molecular weight excluding hydrogens is 245 g/mol. The summed E-state index contributed by atoms with van der Waals surface area (Å²) in [6, 6.07) is 1.99. The van der Waals surface area contributed by atoms with Crippen molar-refractivity contribution in [1.29, 1.82) is 0 Å². The Bertz CT molecular complexity index is 512. The predicted molar refractivity (Wildman–Crippen MR) is 63.4 cm³/mol. The van der Waals surface area contributed by atoms with Crippen LogP contribution in [0.25, 0.3) is 0 Å². The van der Waals surface area contributed by atoms with Gasteiger partial charge in [-0.1, -0.05) is 0 Å². The summed E-state index contributed by atoms with van der Waals surface area (Å²) in [5.41, 5.74) is 6.09. The van der Waals surface area contributed by atoms with Crippen LogP contribution in [0.5, 0.6) is 5.75 Å². The van der Waals surface area contributed by atoms with E-state index in [0.717, 1.165) is 12.3 Å². The van der Waals surface area contributed by atoms with Gasteiger partial charge in [0.1, 0.15) is 16.5 Å². The molecule has 0 heterocycles. The number of rotatable bonds is 4. The summed E-state index contributed by atoms with van der Waals surface area (Å²) in [4.78, 5) is -0.143. The summed E-state index contributed by atoms with van der Waals surface area (Å²) >= 11 is 0. The Labute approximate surface area is 101 Å². The van der Waals surface area contributed by atoms with Crippen molar-refractivity contribution >= 4 is 9.84 Å². The molecule has 1 aromatic carbocycles. The molecule has 0 fully saturated rings. The average Bonchev–Trinajstić information content (AvgIpc) is 2.14. The van der Waals surface area contributed by atoms with E-state index in [2.05, 4.69) is 0 Å². The van der Waals surface area contributed by atoms with E-state index in [0.29, 0.717) is 12.0 Å². The van der Waals surface area contributed by atoms with Crippen LogP contribution in [0.1, 0.15) is 12.5 Å². The second-order valence-corrected chi connectivity index (χ2v) is 6.03. The van der Waals surface area contributed by atoms with E-state index in [4.69, 9.17) is 10.5 Å². The average molecular weight is 261 g/mol. The van der Waals surface area contributed by atoms with Gasteiger partial charge in [0.25, 0.3) is 0 Å². The first-order valence-corrected chi connectivity index (χ1v) is 6.97. The molecule has 96 valence electrons. The SMILES string of the molecule is COc1c(CC(C)N)cc(F)cc1S(C)(=O)=O. The van der Waals surface area contributed by atoms with E-state index in [1.807, 2.05) is 0 Å². The monoisotopic (exact) mass is 261 g/mol. The molecule has 1 aromatic rings. The first kappa shape index (κ1) is 13.9. The molecule has 0 aliphatic rings. The van der Waals surface area contributed by atoms with Crippen molar-refractivity contribution in [2.45, 2.75) is 24.3 Å². The number of ether oxygens (including phenoxy) is 1. The summed E-state index contributed by atoms with van der Waals surface area (Å²) in [5, 5.41) is 0. The number of halogens is 1. The van der Waals surface area contributed by atoms with Crippen molar-refractivity contribution in [3.63, 3.8) is 0 Å². The minimum atomic E-state index is -3.53. The maximum atomic E-state index is 13.4. The van der Waals surface area contributed by atoms with Gasteiger partial charge in [0.2, 0.25) is 0 Å². The lowest BCUT2D eigenvalue weighted by Crippen LogP contribution is -2.19. The van der Waals surface area contributed by atoms with E-state index in [9.17, 15) is 12.8 Å². The van der Waals surface area contributed by atoms with E-state index >= 15 is 0 Å². The fraction of sp³-hybridized carbons (Fsp3) is 0.455. The highest BCUT2D eigenvalue weighted by atomic mass is 32.2. The smallest absolute Gasteiger partial charge is 0.179 e. The molecule has 0 bridgehead atoms. The van der Waals surface area contributed by atoms with Crippen LogP contribution in [-0.2, 0) is 16.3 Å². The zero-order chi connectivity index (χ0) is 13.2. The minimum absolute atomic E-state index is 0.143. The lowest BCUT2D eigenvalue weighted by molar-refractivity contribution is 0.394. The van der Waals surface area contributed by atoms with Crippen LogP contribution in [0.2, 0.25) is 0 Å². The molecule has 0 aliphatic heterocycles. The first-order valence-electron chi connectivity index (χ1n) is 5.07. The molecule has 1 rings (SSSR count). The molecule has 1 unspecified atom stereocenters. The third-order valence-corrected chi connectivity index (χ3v) is 3.34. The van der Waals surface area contributed by atoms with Gasteiger partial charge in [0.05, 0.1) is 7.11 Å². The summed E-state index contributed by atoms with van der Waals surface area (Å²) in [7, 11) is -2.18. The van der Waals surface area contributed by atoms with Crippen molar-refractivity contribution in [1.82, 2.24) is 0 Å². The van der Waals surface area contributed by atoms with Crippen molar-refractivity contribution in [2.24, 2.45) is 5.73 Å². The number of hydrogen-bond acceptors (Lipinski definition) is 4. The molecule has 0 saturated heterocycles. The summed E-state index contributed by atoms with van der Waals surface area (Å²) in [6.45, 7) is 1.75. The van der Waals surface area contributed by atoms with Gasteiger partial charge >= 0.3 is 0 Å². The molecule has 0 aliphatic carbocycles. The van der Waals surface area contributed by atoms with Crippen LogP contribution in [0.4, 0.5) is 4.39 Å². The highest BCUT2D eigenvalue weighted by Crippen LogP contribution is 2.30. The zero-order valence-electron chi connectivity index (χ0n) is 10.0. The van der Waals surface area contributed by atoms with Gasteiger partial charge in [-0.25, -0.2) is 12.8 Å². The predicted octanol–water partition coefficient (Wildman–Crippen LogP) is 1.13. The number of nitrogens with two attached hydrogens (primary N) is 1.